The minimum atomic E-state index is -0.119. The van der Waals surface area contributed by atoms with E-state index in [2.05, 4.69) is 16.4 Å². The lowest BCUT2D eigenvalue weighted by atomic mass is 10.1. The fourth-order valence-corrected chi connectivity index (χ4v) is 2.78. The number of aromatic nitrogens is 1. The molecule has 0 aliphatic rings. The molecule has 0 saturated carbocycles. The first-order valence-electron chi connectivity index (χ1n) is 7.17. The van der Waals surface area contributed by atoms with Crippen molar-refractivity contribution in [1.82, 2.24) is 10.3 Å². The van der Waals surface area contributed by atoms with E-state index in [0.717, 1.165) is 22.0 Å². The number of carbonyl (C=O) groups is 1. The number of nitrogens with one attached hydrogen (secondary N) is 2. The molecule has 2 aromatic carbocycles. The molecule has 0 fully saturated rings. The Labute approximate surface area is 134 Å². The van der Waals surface area contributed by atoms with Crippen LogP contribution >= 0.6 is 11.6 Å². The third kappa shape index (κ3) is 2.72. The summed E-state index contributed by atoms with van der Waals surface area (Å²) in [6.07, 6.45) is 0. The molecule has 0 unspecified atom stereocenters. The van der Waals surface area contributed by atoms with E-state index in [1.165, 1.54) is 5.56 Å². The van der Waals surface area contributed by atoms with Gasteiger partial charge >= 0.3 is 0 Å². The molecule has 2 N–H and O–H groups in total. The number of amides is 1. The van der Waals surface area contributed by atoms with Gasteiger partial charge < -0.3 is 10.3 Å². The number of hydrogen-bond acceptors (Lipinski definition) is 1. The van der Waals surface area contributed by atoms with Crippen molar-refractivity contribution in [2.24, 2.45) is 0 Å². The highest BCUT2D eigenvalue weighted by atomic mass is 35.5. The summed E-state index contributed by atoms with van der Waals surface area (Å²) >= 11 is 6.11. The van der Waals surface area contributed by atoms with Gasteiger partial charge in [0.15, 0.2) is 0 Å². The van der Waals surface area contributed by atoms with E-state index in [-0.39, 0.29) is 5.91 Å². The fraction of sp³-hybridized carbons (Fsp3) is 0.167. The van der Waals surface area contributed by atoms with Gasteiger partial charge in [-0.05, 0) is 43.2 Å². The van der Waals surface area contributed by atoms with Gasteiger partial charge in [0.25, 0.3) is 5.91 Å². The Hall–Kier alpha value is -2.26. The largest absolute Gasteiger partial charge is 0.350 e. The molecule has 0 spiro atoms. The normalized spacial score (nSPS) is 10.9. The molecule has 0 aliphatic carbocycles. The highest BCUT2D eigenvalue weighted by Crippen LogP contribution is 2.23. The number of H-pyrrole nitrogens is 1. The summed E-state index contributed by atoms with van der Waals surface area (Å²) in [5, 5.41) is 4.66. The van der Waals surface area contributed by atoms with E-state index in [1.807, 2.05) is 50.2 Å². The van der Waals surface area contributed by atoms with Crippen LogP contribution in [0.5, 0.6) is 0 Å². The van der Waals surface area contributed by atoms with Gasteiger partial charge in [-0.2, -0.15) is 0 Å². The second kappa shape index (κ2) is 5.85. The predicted octanol–water partition coefficient (Wildman–Crippen LogP) is 4.37. The maximum absolute atomic E-state index is 12.4. The maximum atomic E-state index is 12.4. The summed E-state index contributed by atoms with van der Waals surface area (Å²) in [6.45, 7) is 4.41. The van der Waals surface area contributed by atoms with E-state index in [1.54, 1.807) is 0 Å². The van der Waals surface area contributed by atoms with Crippen molar-refractivity contribution in [1.29, 1.82) is 0 Å². The number of rotatable bonds is 3. The molecule has 0 saturated heterocycles. The van der Waals surface area contributed by atoms with Crippen LogP contribution in [0.1, 0.15) is 27.2 Å². The topological polar surface area (TPSA) is 44.9 Å². The first-order chi connectivity index (χ1) is 10.6. The van der Waals surface area contributed by atoms with E-state index in [0.29, 0.717) is 17.3 Å². The number of aromatic amines is 1. The van der Waals surface area contributed by atoms with Crippen LogP contribution in [0.4, 0.5) is 0 Å². The van der Waals surface area contributed by atoms with E-state index in [4.69, 9.17) is 11.6 Å². The van der Waals surface area contributed by atoms with Crippen molar-refractivity contribution in [2.75, 3.05) is 0 Å². The quantitative estimate of drug-likeness (QED) is 0.741. The van der Waals surface area contributed by atoms with Crippen LogP contribution in [-0.2, 0) is 6.54 Å². The highest BCUT2D eigenvalue weighted by molar-refractivity contribution is 6.31. The lowest BCUT2D eigenvalue weighted by molar-refractivity contribution is 0.0946. The number of hydrogen-bond donors (Lipinski definition) is 2. The van der Waals surface area contributed by atoms with Gasteiger partial charge in [-0.3, -0.25) is 4.79 Å². The van der Waals surface area contributed by atoms with Crippen molar-refractivity contribution >= 4 is 28.4 Å². The Morgan fingerprint density at radius 2 is 1.95 bits per heavy atom. The molecule has 1 aromatic heterocycles. The van der Waals surface area contributed by atoms with Gasteiger partial charge in [0.05, 0.1) is 0 Å². The van der Waals surface area contributed by atoms with Gasteiger partial charge in [0.2, 0.25) is 0 Å². The molecular formula is C18H17ClN2O. The first kappa shape index (κ1) is 14.7. The Balaban J connectivity index is 1.83. The van der Waals surface area contributed by atoms with Crippen molar-refractivity contribution in [3.63, 3.8) is 0 Å². The molecule has 0 radical (unpaired) electrons. The summed E-state index contributed by atoms with van der Waals surface area (Å²) in [5.74, 6) is -0.119. The van der Waals surface area contributed by atoms with Crippen LogP contribution in [0.15, 0.2) is 42.5 Å². The Morgan fingerprint density at radius 3 is 2.73 bits per heavy atom. The standard InChI is InChI=1S/C18H17ClN2O/c1-11-7-8-16-14(9-11)12(2)17(21-16)18(22)20-10-13-5-3-4-6-15(13)19/h3-9,21H,10H2,1-2H3,(H,20,22). The molecule has 1 heterocycles. The lowest BCUT2D eigenvalue weighted by Crippen LogP contribution is -2.24. The zero-order chi connectivity index (χ0) is 15.7. The number of fused-ring (bicyclic) bond motifs is 1. The van der Waals surface area contributed by atoms with Crippen molar-refractivity contribution in [3.05, 3.63) is 69.9 Å². The number of aryl methyl sites for hydroxylation is 2. The SMILES string of the molecule is Cc1ccc2[nH]c(C(=O)NCc3ccccc3Cl)c(C)c2c1. The average Bonchev–Trinajstić information content (AvgIpc) is 2.83. The summed E-state index contributed by atoms with van der Waals surface area (Å²) in [6, 6.07) is 13.6. The monoisotopic (exact) mass is 312 g/mol. The van der Waals surface area contributed by atoms with E-state index >= 15 is 0 Å². The molecule has 22 heavy (non-hydrogen) atoms. The molecule has 3 aromatic rings. The van der Waals surface area contributed by atoms with Crippen LogP contribution in [0.2, 0.25) is 5.02 Å². The Morgan fingerprint density at radius 1 is 1.18 bits per heavy atom. The van der Waals surface area contributed by atoms with Crippen molar-refractivity contribution < 1.29 is 4.79 Å². The smallest absolute Gasteiger partial charge is 0.268 e. The third-order valence-corrected chi connectivity index (χ3v) is 4.21. The Kier molecular flexibility index (Phi) is 3.90. The van der Waals surface area contributed by atoms with Gasteiger partial charge in [0.1, 0.15) is 5.69 Å². The molecule has 1 amide bonds. The minimum absolute atomic E-state index is 0.119. The van der Waals surface area contributed by atoms with Crippen LogP contribution in [0.3, 0.4) is 0 Å². The van der Waals surface area contributed by atoms with E-state index < -0.39 is 0 Å². The second-order valence-corrected chi connectivity index (χ2v) is 5.86. The van der Waals surface area contributed by atoms with Crippen molar-refractivity contribution in [3.8, 4) is 0 Å². The number of benzene rings is 2. The molecule has 3 nitrogen and oxygen atoms in total. The minimum Gasteiger partial charge on any atom is -0.350 e. The van der Waals surface area contributed by atoms with Crippen LogP contribution in [0.25, 0.3) is 10.9 Å². The zero-order valence-corrected chi connectivity index (χ0v) is 13.3. The van der Waals surface area contributed by atoms with Gasteiger partial charge in [-0.25, -0.2) is 0 Å². The Bertz CT molecular complexity index is 851. The number of halogens is 1. The molecular weight excluding hydrogens is 296 g/mol. The first-order valence-corrected chi connectivity index (χ1v) is 7.54. The average molecular weight is 313 g/mol. The summed E-state index contributed by atoms with van der Waals surface area (Å²) in [5.41, 5.74) is 4.63. The molecule has 4 heteroatoms. The summed E-state index contributed by atoms with van der Waals surface area (Å²) in [4.78, 5) is 15.6. The second-order valence-electron chi connectivity index (χ2n) is 5.45. The summed E-state index contributed by atoms with van der Waals surface area (Å²) < 4.78 is 0. The maximum Gasteiger partial charge on any atom is 0.268 e. The lowest BCUT2D eigenvalue weighted by Gasteiger charge is -2.06. The van der Waals surface area contributed by atoms with Gasteiger partial charge in [0, 0.05) is 22.5 Å². The van der Waals surface area contributed by atoms with Crippen LogP contribution < -0.4 is 5.32 Å². The fourth-order valence-electron chi connectivity index (χ4n) is 2.57. The number of carbonyl (C=O) groups excluding carboxylic acids is 1. The van der Waals surface area contributed by atoms with Crippen molar-refractivity contribution in [2.45, 2.75) is 20.4 Å². The molecule has 3 rings (SSSR count). The molecule has 0 bridgehead atoms. The van der Waals surface area contributed by atoms with Gasteiger partial charge in [-0.15, -0.1) is 0 Å². The summed E-state index contributed by atoms with van der Waals surface area (Å²) in [7, 11) is 0. The molecule has 0 atom stereocenters. The van der Waals surface area contributed by atoms with Crippen LogP contribution in [-0.4, -0.2) is 10.9 Å². The van der Waals surface area contributed by atoms with Gasteiger partial charge in [-0.1, -0.05) is 41.4 Å². The molecule has 112 valence electrons. The molecule has 0 aliphatic heterocycles. The predicted molar refractivity (Wildman–Crippen MR) is 90.4 cm³/mol. The van der Waals surface area contributed by atoms with Crippen LogP contribution in [0, 0.1) is 13.8 Å². The van der Waals surface area contributed by atoms with E-state index in [9.17, 15) is 4.79 Å². The zero-order valence-electron chi connectivity index (χ0n) is 12.5. The highest BCUT2D eigenvalue weighted by Gasteiger charge is 2.14. The third-order valence-electron chi connectivity index (χ3n) is 3.84.